The van der Waals surface area contributed by atoms with Crippen LogP contribution in [-0.2, 0) is 11.2 Å². The fourth-order valence-corrected chi connectivity index (χ4v) is 5.32. The number of ether oxygens (including phenoxy) is 1. The largest absolute Gasteiger partial charge is 0.382 e. The van der Waals surface area contributed by atoms with Crippen molar-refractivity contribution in [2.75, 3.05) is 50.8 Å². The van der Waals surface area contributed by atoms with Gasteiger partial charge in [-0.15, -0.1) is 11.3 Å². The van der Waals surface area contributed by atoms with Gasteiger partial charge < -0.3 is 20.3 Å². The number of anilines is 1. The summed E-state index contributed by atoms with van der Waals surface area (Å²) >= 11 is 1.78. The van der Waals surface area contributed by atoms with E-state index in [4.69, 9.17) is 14.7 Å². The number of nitrogens with one attached hydrogen (secondary N) is 2. The van der Waals surface area contributed by atoms with Crippen LogP contribution in [0.15, 0.2) is 10.4 Å². The number of hydrogen-bond acceptors (Lipinski definition) is 5. The Labute approximate surface area is 180 Å². The number of aliphatic imine (C=N–C) groups is 1. The number of thiazole rings is 1. The number of aromatic nitrogens is 1. The van der Waals surface area contributed by atoms with Gasteiger partial charge in [-0.1, -0.05) is 12.8 Å². The van der Waals surface area contributed by atoms with Gasteiger partial charge in [0, 0.05) is 57.7 Å². The average molecular weight is 422 g/mol. The van der Waals surface area contributed by atoms with E-state index in [0.717, 1.165) is 64.7 Å². The van der Waals surface area contributed by atoms with E-state index >= 15 is 0 Å². The lowest BCUT2D eigenvalue weighted by Gasteiger charge is -2.27. The molecule has 6 nitrogen and oxygen atoms in total. The van der Waals surface area contributed by atoms with Crippen molar-refractivity contribution < 1.29 is 4.74 Å². The van der Waals surface area contributed by atoms with Crippen molar-refractivity contribution >= 4 is 22.4 Å². The minimum Gasteiger partial charge on any atom is -0.382 e. The molecule has 0 amide bonds. The highest BCUT2D eigenvalue weighted by Crippen LogP contribution is 2.41. The molecular weight excluding hydrogens is 382 g/mol. The van der Waals surface area contributed by atoms with Gasteiger partial charge in [0.05, 0.1) is 5.69 Å². The highest BCUT2D eigenvalue weighted by molar-refractivity contribution is 7.13. The first-order valence-corrected chi connectivity index (χ1v) is 12.4. The summed E-state index contributed by atoms with van der Waals surface area (Å²) in [6.45, 7) is 10.8. The van der Waals surface area contributed by atoms with Crippen LogP contribution >= 0.6 is 11.3 Å². The fraction of sp³-hybridized carbons (Fsp3) is 0.818. The van der Waals surface area contributed by atoms with Crippen molar-refractivity contribution in [3.63, 3.8) is 0 Å². The topological polar surface area (TPSA) is 61.8 Å². The van der Waals surface area contributed by atoms with E-state index in [9.17, 15) is 0 Å². The zero-order valence-corrected chi connectivity index (χ0v) is 19.2. The van der Waals surface area contributed by atoms with Crippen LogP contribution in [0, 0.1) is 5.41 Å². The van der Waals surface area contributed by atoms with Gasteiger partial charge in [0.1, 0.15) is 0 Å². The highest BCUT2D eigenvalue weighted by Gasteiger charge is 2.33. The molecule has 0 atom stereocenters. The second-order valence-electron chi connectivity index (χ2n) is 8.34. The summed E-state index contributed by atoms with van der Waals surface area (Å²) in [4.78, 5) is 12.2. The molecule has 1 aromatic heterocycles. The normalized spacial score (nSPS) is 19.1. The monoisotopic (exact) mass is 421 g/mol. The first-order valence-electron chi connectivity index (χ1n) is 11.5. The first-order chi connectivity index (χ1) is 14.2. The van der Waals surface area contributed by atoms with Gasteiger partial charge in [-0.3, -0.25) is 4.99 Å². The zero-order chi connectivity index (χ0) is 20.4. The average Bonchev–Trinajstić information content (AvgIpc) is 3.48. The van der Waals surface area contributed by atoms with Crippen molar-refractivity contribution in [3.8, 4) is 0 Å². The summed E-state index contributed by atoms with van der Waals surface area (Å²) in [5.41, 5.74) is 1.51. The molecule has 1 aliphatic carbocycles. The van der Waals surface area contributed by atoms with E-state index in [2.05, 4.69) is 34.8 Å². The molecule has 2 aliphatic rings. The van der Waals surface area contributed by atoms with Crippen molar-refractivity contribution in [3.05, 3.63) is 11.1 Å². The zero-order valence-electron chi connectivity index (χ0n) is 18.3. The van der Waals surface area contributed by atoms with Crippen LogP contribution in [0.1, 0.15) is 64.5 Å². The second kappa shape index (κ2) is 11.7. The fourth-order valence-electron chi connectivity index (χ4n) is 4.41. The van der Waals surface area contributed by atoms with Crippen LogP contribution in [0.3, 0.4) is 0 Å². The molecule has 7 heteroatoms. The van der Waals surface area contributed by atoms with E-state index in [1.807, 2.05) is 0 Å². The van der Waals surface area contributed by atoms with Gasteiger partial charge in [-0.25, -0.2) is 4.98 Å². The minimum atomic E-state index is 0.330. The lowest BCUT2D eigenvalue weighted by atomic mass is 9.83. The Morgan fingerprint density at radius 3 is 2.72 bits per heavy atom. The third-order valence-electron chi connectivity index (χ3n) is 6.15. The van der Waals surface area contributed by atoms with E-state index in [1.165, 1.54) is 49.4 Å². The Balaban J connectivity index is 1.48. The smallest absolute Gasteiger partial charge is 0.191 e. The molecule has 2 fully saturated rings. The van der Waals surface area contributed by atoms with Gasteiger partial charge in [0.15, 0.2) is 11.1 Å². The van der Waals surface area contributed by atoms with Crippen molar-refractivity contribution in [2.45, 2.75) is 65.2 Å². The van der Waals surface area contributed by atoms with Crippen LogP contribution in [0.4, 0.5) is 5.13 Å². The van der Waals surface area contributed by atoms with Crippen LogP contribution in [0.25, 0.3) is 0 Å². The van der Waals surface area contributed by atoms with Gasteiger partial charge in [0.2, 0.25) is 0 Å². The minimum absolute atomic E-state index is 0.330. The summed E-state index contributed by atoms with van der Waals surface area (Å²) in [6, 6.07) is 0. The molecule has 2 N–H and O–H groups in total. The maximum absolute atomic E-state index is 5.64. The Bertz CT molecular complexity index is 620. The highest BCUT2D eigenvalue weighted by atomic mass is 32.1. The lowest BCUT2D eigenvalue weighted by Crippen LogP contribution is -2.39. The molecule has 164 valence electrons. The summed E-state index contributed by atoms with van der Waals surface area (Å²) in [7, 11) is 0. The number of rotatable bonds is 11. The van der Waals surface area contributed by atoms with Gasteiger partial charge in [0.25, 0.3) is 0 Å². The predicted octanol–water partition coefficient (Wildman–Crippen LogP) is 3.83. The molecule has 0 unspecified atom stereocenters. The molecule has 0 aromatic carbocycles. The van der Waals surface area contributed by atoms with Crippen molar-refractivity contribution in [2.24, 2.45) is 10.4 Å². The van der Waals surface area contributed by atoms with Gasteiger partial charge in [-0.2, -0.15) is 0 Å². The molecule has 1 aromatic rings. The molecule has 3 rings (SSSR count). The Kier molecular flexibility index (Phi) is 9.05. The van der Waals surface area contributed by atoms with Crippen LogP contribution in [-0.4, -0.2) is 56.9 Å². The van der Waals surface area contributed by atoms with E-state index in [1.54, 1.807) is 11.3 Å². The molecule has 1 saturated carbocycles. The third-order valence-corrected chi connectivity index (χ3v) is 7.10. The quantitative estimate of drug-likeness (QED) is 0.323. The molecule has 29 heavy (non-hydrogen) atoms. The molecule has 1 aliphatic heterocycles. The lowest BCUT2D eigenvalue weighted by molar-refractivity contribution is 0.107. The third kappa shape index (κ3) is 6.85. The maximum atomic E-state index is 5.64. The summed E-state index contributed by atoms with van der Waals surface area (Å²) in [5.74, 6) is 0.935. The number of nitrogens with zero attached hydrogens (tertiary/aromatic N) is 3. The van der Waals surface area contributed by atoms with E-state index < -0.39 is 0 Å². The number of guanidine groups is 1. The van der Waals surface area contributed by atoms with Crippen LogP contribution in [0.5, 0.6) is 0 Å². The first kappa shape index (κ1) is 22.3. The Morgan fingerprint density at radius 1 is 1.21 bits per heavy atom. The van der Waals surface area contributed by atoms with Crippen molar-refractivity contribution in [1.82, 2.24) is 15.6 Å². The molecule has 2 heterocycles. The van der Waals surface area contributed by atoms with Crippen LogP contribution in [0.2, 0.25) is 0 Å². The summed E-state index contributed by atoms with van der Waals surface area (Å²) in [6.07, 6.45) is 9.87. The summed E-state index contributed by atoms with van der Waals surface area (Å²) in [5, 5.41) is 10.3. The van der Waals surface area contributed by atoms with E-state index in [-0.39, 0.29) is 0 Å². The van der Waals surface area contributed by atoms with Gasteiger partial charge in [-0.05, 0) is 51.4 Å². The molecule has 1 saturated heterocycles. The van der Waals surface area contributed by atoms with Crippen molar-refractivity contribution in [1.29, 1.82) is 0 Å². The SMILES string of the molecule is CCNC(=NCC1(CCOCC)CCCC1)NCCc1csc(N2CCCC2)n1. The standard InChI is InChI=1S/C22H39N5OS/c1-3-23-20(25-18-22(10-5-6-11-22)12-16-28-4-2)24-13-9-19-17-29-21(26-19)27-14-7-8-15-27/h17H,3-16,18H2,1-2H3,(H2,23,24,25). The second-order valence-corrected chi connectivity index (χ2v) is 9.18. The molecular formula is C22H39N5OS. The summed E-state index contributed by atoms with van der Waals surface area (Å²) < 4.78 is 5.64. The van der Waals surface area contributed by atoms with Gasteiger partial charge >= 0.3 is 0 Å². The maximum Gasteiger partial charge on any atom is 0.191 e. The molecule has 0 bridgehead atoms. The molecule has 0 radical (unpaired) electrons. The Hall–Kier alpha value is -1.34. The number of hydrogen-bond donors (Lipinski definition) is 2. The molecule has 0 spiro atoms. The van der Waals surface area contributed by atoms with Crippen LogP contribution < -0.4 is 15.5 Å². The Morgan fingerprint density at radius 2 is 2.00 bits per heavy atom. The predicted molar refractivity (Wildman–Crippen MR) is 123 cm³/mol. The van der Waals surface area contributed by atoms with E-state index in [0.29, 0.717) is 5.41 Å².